The van der Waals surface area contributed by atoms with E-state index in [-0.39, 0.29) is 5.91 Å². The van der Waals surface area contributed by atoms with Gasteiger partial charge in [0.15, 0.2) is 0 Å². The standard InChI is InChI=1S/C14H28N2O/c1-3-14(15,4-2)13(17)16-11-7-10-12-8-5-6-9-12/h12H,3-11,15H2,1-2H3,(H,16,17). The number of hydrogen-bond donors (Lipinski definition) is 2. The average Bonchev–Trinajstić information content (AvgIpc) is 2.86. The predicted molar refractivity (Wildman–Crippen MR) is 71.7 cm³/mol. The normalized spacial score (nSPS) is 17.4. The molecule has 3 N–H and O–H groups in total. The van der Waals surface area contributed by atoms with Gasteiger partial charge in [0, 0.05) is 6.54 Å². The molecule has 0 aromatic carbocycles. The number of carbonyl (C=O) groups is 1. The van der Waals surface area contributed by atoms with Crippen molar-refractivity contribution in [1.82, 2.24) is 5.32 Å². The van der Waals surface area contributed by atoms with Crippen LogP contribution in [0.4, 0.5) is 0 Å². The Kier molecular flexibility index (Phi) is 5.96. The molecule has 1 rings (SSSR count). The van der Waals surface area contributed by atoms with Gasteiger partial charge in [-0.05, 0) is 31.6 Å². The van der Waals surface area contributed by atoms with E-state index in [0.717, 1.165) is 18.9 Å². The van der Waals surface area contributed by atoms with E-state index in [2.05, 4.69) is 5.32 Å². The first-order valence-corrected chi connectivity index (χ1v) is 7.19. The zero-order valence-corrected chi connectivity index (χ0v) is 11.4. The second-order valence-electron chi connectivity index (χ2n) is 5.41. The second-order valence-corrected chi connectivity index (χ2v) is 5.41. The van der Waals surface area contributed by atoms with Gasteiger partial charge in [-0.2, -0.15) is 0 Å². The van der Waals surface area contributed by atoms with Crippen molar-refractivity contribution in [3.8, 4) is 0 Å². The molecule has 0 aromatic heterocycles. The van der Waals surface area contributed by atoms with Crippen molar-refractivity contribution in [2.24, 2.45) is 11.7 Å². The minimum Gasteiger partial charge on any atom is -0.355 e. The van der Waals surface area contributed by atoms with Crippen molar-refractivity contribution in [2.45, 2.75) is 70.8 Å². The highest BCUT2D eigenvalue weighted by molar-refractivity contribution is 5.85. The summed E-state index contributed by atoms with van der Waals surface area (Å²) in [5, 5.41) is 2.99. The lowest BCUT2D eigenvalue weighted by molar-refractivity contribution is -0.126. The number of amides is 1. The Morgan fingerprint density at radius 1 is 1.29 bits per heavy atom. The summed E-state index contributed by atoms with van der Waals surface area (Å²) in [4.78, 5) is 11.9. The summed E-state index contributed by atoms with van der Waals surface area (Å²) in [5.41, 5.74) is 5.37. The van der Waals surface area contributed by atoms with Crippen molar-refractivity contribution in [2.75, 3.05) is 6.54 Å². The molecule has 1 amide bonds. The summed E-state index contributed by atoms with van der Waals surface area (Å²) in [6.07, 6.45) is 9.34. The lowest BCUT2D eigenvalue weighted by atomic mass is 9.93. The van der Waals surface area contributed by atoms with Crippen molar-refractivity contribution >= 4 is 5.91 Å². The number of hydrogen-bond acceptors (Lipinski definition) is 2. The first-order chi connectivity index (χ1) is 8.12. The number of carbonyl (C=O) groups excluding carboxylic acids is 1. The van der Waals surface area contributed by atoms with E-state index in [1.54, 1.807) is 0 Å². The highest BCUT2D eigenvalue weighted by atomic mass is 16.2. The van der Waals surface area contributed by atoms with Crippen LogP contribution in [-0.2, 0) is 4.79 Å². The fourth-order valence-electron chi connectivity index (χ4n) is 2.64. The van der Waals surface area contributed by atoms with Gasteiger partial charge in [0.25, 0.3) is 0 Å². The highest BCUT2D eigenvalue weighted by Crippen LogP contribution is 2.28. The average molecular weight is 240 g/mol. The van der Waals surface area contributed by atoms with Crippen LogP contribution >= 0.6 is 0 Å². The molecule has 0 aliphatic heterocycles. The van der Waals surface area contributed by atoms with Crippen LogP contribution in [0, 0.1) is 5.92 Å². The quantitative estimate of drug-likeness (QED) is 0.672. The Morgan fingerprint density at radius 3 is 2.41 bits per heavy atom. The molecule has 3 nitrogen and oxygen atoms in total. The molecule has 0 radical (unpaired) electrons. The van der Waals surface area contributed by atoms with Gasteiger partial charge in [-0.15, -0.1) is 0 Å². The van der Waals surface area contributed by atoms with E-state index >= 15 is 0 Å². The van der Waals surface area contributed by atoms with Gasteiger partial charge in [-0.3, -0.25) is 4.79 Å². The lowest BCUT2D eigenvalue weighted by Crippen LogP contribution is -2.53. The molecule has 1 saturated carbocycles. The van der Waals surface area contributed by atoms with Crippen LogP contribution < -0.4 is 11.1 Å². The van der Waals surface area contributed by atoms with Crippen LogP contribution in [0.5, 0.6) is 0 Å². The van der Waals surface area contributed by atoms with Crippen LogP contribution in [0.25, 0.3) is 0 Å². The van der Waals surface area contributed by atoms with E-state index < -0.39 is 5.54 Å². The van der Waals surface area contributed by atoms with Gasteiger partial charge < -0.3 is 11.1 Å². The molecule has 100 valence electrons. The maximum Gasteiger partial charge on any atom is 0.240 e. The first-order valence-electron chi connectivity index (χ1n) is 7.19. The van der Waals surface area contributed by atoms with E-state index in [9.17, 15) is 4.79 Å². The summed E-state index contributed by atoms with van der Waals surface area (Å²) in [5.74, 6) is 0.931. The fourth-order valence-corrected chi connectivity index (χ4v) is 2.64. The van der Waals surface area contributed by atoms with E-state index in [1.165, 1.54) is 32.1 Å². The predicted octanol–water partition coefficient (Wildman–Crippen LogP) is 2.59. The van der Waals surface area contributed by atoms with E-state index in [1.807, 2.05) is 13.8 Å². The molecule has 0 heterocycles. The summed E-state index contributed by atoms with van der Waals surface area (Å²) in [6.45, 7) is 4.73. The zero-order valence-electron chi connectivity index (χ0n) is 11.4. The van der Waals surface area contributed by atoms with Crippen LogP contribution in [0.1, 0.15) is 65.2 Å². The third kappa shape index (κ3) is 4.30. The summed E-state index contributed by atoms with van der Waals surface area (Å²) < 4.78 is 0. The maximum absolute atomic E-state index is 11.9. The Labute approximate surface area is 106 Å². The molecule has 3 heteroatoms. The van der Waals surface area contributed by atoms with Crippen LogP contribution in [0.3, 0.4) is 0 Å². The monoisotopic (exact) mass is 240 g/mol. The highest BCUT2D eigenvalue weighted by Gasteiger charge is 2.29. The Morgan fingerprint density at radius 2 is 1.88 bits per heavy atom. The molecular weight excluding hydrogens is 212 g/mol. The minimum atomic E-state index is -0.659. The molecule has 0 aromatic rings. The smallest absolute Gasteiger partial charge is 0.240 e. The van der Waals surface area contributed by atoms with Crippen LogP contribution in [0.15, 0.2) is 0 Å². The molecule has 0 atom stereocenters. The van der Waals surface area contributed by atoms with Gasteiger partial charge in [0.1, 0.15) is 0 Å². The van der Waals surface area contributed by atoms with E-state index in [4.69, 9.17) is 5.73 Å². The molecule has 1 fully saturated rings. The lowest BCUT2D eigenvalue weighted by Gasteiger charge is -2.25. The second kappa shape index (κ2) is 7.00. The minimum absolute atomic E-state index is 0.0221. The number of nitrogens with two attached hydrogens (primary N) is 1. The molecule has 0 saturated heterocycles. The summed E-state index contributed by atoms with van der Waals surface area (Å²) >= 11 is 0. The Bertz CT molecular complexity index is 230. The van der Waals surface area contributed by atoms with E-state index in [0.29, 0.717) is 12.8 Å². The van der Waals surface area contributed by atoms with Crippen molar-refractivity contribution in [3.05, 3.63) is 0 Å². The van der Waals surface area contributed by atoms with Crippen molar-refractivity contribution in [1.29, 1.82) is 0 Å². The van der Waals surface area contributed by atoms with Gasteiger partial charge >= 0.3 is 0 Å². The topological polar surface area (TPSA) is 55.1 Å². The third-order valence-corrected chi connectivity index (χ3v) is 4.26. The largest absolute Gasteiger partial charge is 0.355 e. The number of nitrogens with one attached hydrogen (secondary N) is 1. The summed E-state index contributed by atoms with van der Waals surface area (Å²) in [7, 11) is 0. The third-order valence-electron chi connectivity index (χ3n) is 4.26. The SMILES string of the molecule is CCC(N)(CC)C(=O)NCCCC1CCCC1. The van der Waals surface area contributed by atoms with Crippen LogP contribution in [-0.4, -0.2) is 18.0 Å². The fraction of sp³-hybridized carbons (Fsp3) is 0.929. The van der Waals surface area contributed by atoms with Gasteiger partial charge in [-0.25, -0.2) is 0 Å². The molecule has 1 aliphatic rings. The van der Waals surface area contributed by atoms with Crippen molar-refractivity contribution < 1.29 is 4.79 Å². The molecule has 0 spiro atoms. The molecule has 0 unspecified atom stereocenters. The maximum atomic E-state index is 11.9. The molecule has 1 aliphatic carbocycles. The zero-order chi connectivity index (χ0) is 12.7. The Balaban J connectivity index is 2.14. The van der Waals surface area contributed by atoms with Gasteiger partial charge in [-0.1, -0.05) is 39.5 Å². The number of rotatable bonds is 7. The van der Waals surface area contributed by atoms with Crippen molar-refractivity contribution in [3.63, 3.8) is 0 Å². The van der Waals surface area contributed by atoms with Gasteiger partial charge in [0.05, 0.1) is 5.54 Å². The Hall–Kier alpha value is -0.570. The first kappa shape index (κ1) is 14.5. The molecular formula is C14H28N2O. The molecule has 0 bridgehead atoms. The van der Waals surface area contributed by atoms with Gasteiger partial charge in [0.2, 0.25) is 5.91 Å². The van der Waals surface area contributed by atoms with Crippen LogP contribution in [0.2, 0.25) is 0 Å². The summed E-state index contributed by atoms with van der Waals surface area (Å²) in [6, 6.07) is 0. The molecule has 17 heavy (non-hydrogen) atoms.